The molecule has 0 saturated carbocycles. The summed E-state index contributed by atoms with van der Waals surface area (Å²) in [7, 11) is 0. The maximum absolute atomic E-state index is 11.8. The smallest absolute Gasteiger partial charge is 0.307 e. The predicted octanol–water partition coefficient (Wildman–Crippen LogP) is 2.19. The number of carboxylic acids is 1. The van der Waals surface area contributed by atoms with Crippen LogP contribution in [0.4, 0.5) is 5.69 Å². The number of hydrogen-bond donors (Lipinski definition) is 3. The summed E-state index contributed by atoms with van der Waals surface area (Å²) in [5.74, 6) is -1.12. The molecule has 0 unspecified atom stereocenters. The second-order valence-electron chi connectivity index (χ2n) is 6.43. The first-order chi connectivity index (χ1) is 10.7. The van der Waals surface area contributed by atoms with Crippen molar-refractivity contribution in [3.63, 3.8) is 0 Å². The van der Waals surface area contributed by atoms with Crippen LogP contribution in [-0.2, 0) is 20.8 Å². The monoisotopic (exact) mass is 320 g/mol. The van der Waals surface area contributed by atoms with E-state index in [9.17, 15) is 14.4 Å². The molecule has 0 heterocycles. The highest BCUT2D eigenvalue weighted by molar-refractivity contribution is 5.91. The van der Waals surface area contributed by atoms with E-state index in [2.05, 4.69) is 10.6 Å². The van der Waals surface area contributed by atoms with Crippen LogP contribution in [0.2, 0.25) is 0 Å². The van der Waals surface area contributed by atoms with Gasteiger partial charge in [-0.15, -0.1) is 0 Å². The minimum Gasteiger partial charge on any atom is -0.481 e. The summed E-state index contributed by atoms with van der Waals surface area (Å²) in [6.07, 6.45) is 0.749. The van der Waals surface area contributed by atoms with Gasteiger partial charge in [0.05, 0.1) is 6.42 Å². The maximum atomic E-state index is 11.8. The Hall–Kier alpha value is -2.37. The fourth-order valence-electron chi connectivity index (χ4n) is 1.87. The van der Waals surface area contributed by atoms with Crippen LogP contribution < -0.4 is 10.6 Å². The van der Waals surface area contributed by atoms with Gasteiger partial charge in [0, 0.05) is 24.1 Å². The van der Waals surface area contributed by atoms with Gasteiger partial charge in [-0.1, -0.05) is 32.9 Å². The molecule has 1 aromatic rings. The average Bonchev–Trinajstić information content (AvgIpc) is 2.42. The Morgan fingerprint density at radius 3 is 2.48 bits per heavy atom. The molecule has 0 fully saturated rings. The van der Waals surface area contributed by atoms with Crippen molar-refractivity contribution in [3.8, 4) is 0 Å². The highest BCUT2D eigenvalue weighted by atomic mass is 16.4. The van der Waals surface area contributed by atoms with Crippen LogP contribution in [0.15, 0.2) is 24.3 Å². The summed E-state index contributed by atoms with van der Waals surface area (Å²) in [5.41, 5.74) is 0.771. The van der Waals surface area contributed by atoms with Crippen molar-refractivity contribution in [3.05, 3.63) is 29.8 Å². The van der Waals surface area contributed by atoms with Gasteiger partial charge in [0.15, 0.2) is 0 Å². The van der Waals surface area contributed by atoms with Gasteiger partial charge < -0.3 is 15.7 Å². The van der Waals surface area contributed by atoms with E-state index in [1.54, 1.807) is 24.3 Å². The summed E-state index contributed by atoms with van der Waals surface area (Å²) in [4.78, 5) is 34.2. The van der Waals surface area contributed by atoms with Gasteiger partial charge >= 0.3 is 5.97 Å². The highest BCUT2D eigenvalue weighted by Gasteiger charge is 2.20. The lowest BCUT2D eigenvalue weighted by molar-refractivity contribution is -0.136. The molecule has 0 spiro atoms. The second-order valence-corrected chi connectivity index (χ2v) is 6.43. The first-order valence-electron chi connectivity index (χ1n) is 7.57. The van der Waals surface area contributed by atoms with E-state index in [4.69, 9.17) is 5.11 Å². The predicted molar refractivity (Wildman–Crippen MR) is 88.1 cm³/mol. The van der Waals surface area contributed by atoms with Gasteiger partial charge in [0.2, 0.25) is 11.8 Å². The Balaban J connectivity index is 2.37. The molecule has 2 amide bonds. The normalized spacial score (nSPS) is 10.9. The highest BCUT2D eigenvalue weighted by Crippen LogP contribution is 2.13. The number of nitrogens with one attached hydrogen (secondary N) is 2. The topological polar surface area (TPSA) is 95.5 Å². The maximum Gasteiger partial charge on any atom is 0.307 e. The number of carboxylic acid groups (broad SMARTS) is 1. The fourth-order valence-corrected chi connectivity index (χ4v) is 1.87. The lowest BCUT2D eigenvalue weighted by atomic mass is 9.96. The molecule has 6 heteroatoms. The number of aliphatic carboxylic acids is 1. The first-order valence-corrected chi connectivity index (χ1v) is 7.57. The molecule has 1 rings (SSSR count). The van der Waals surface area contributed by atoms with Gasteiger partial charge in [-0.3, -0.25) is 14.4 Å². The number of hydrogen-bond acceptors (Lipinski definition) is 3. The van der Waals surface area contributed by atoms with Crippen molar-refractivity contribution >= 4 is 23.5 Å². The van der Waals surface area contributed by atoms with Crippen LogP contribution >= 0.6 is 0 Å². The van der Waals surface area contributed by atoms with Crippen molar-refractivity contribution < 1.29 is 19.5 Å². The van der Waals surface area contributed by atoms with Gasteiger partial charge in [0.25, 0.3) is 0 Å². The number of benzene rings is 1. The van der Waals surface area contributed by atoms with Crippen molar-refractivity contribution in [1.29, 1.82) is 0 Å². The lowest BCUT2D eigenvalue weighted by Crippen LogP contribution is -2.35. The third-order valence-electron chi connectivity index (χ3n) is 3.11. The average molecular weight is 320 g/mol. The second kappa shape index (κ2) is 8.31. The standard InChI is InChI=1S/C17H24N2O4/c1-17(2,3)16(23)18-9-5-8-14(20)19-13-7-4-6-12(10-13)11-15(21)22/h4,6-7,10H,5,8-9,11H2,1-3H3,(H,18,23)(H,19,20)(H,21,22). The summed E-state index contributed by atoms with van der Waals surface area (Å²) >= 11 is 0. The molecule has 0 saturated heterocycles. The van der Waals surface area contributed by atoms with Crippen LogP contribution in [0, 0.1) is 5.41 Å². The van der Waals surface area contributed by atoms with E-state index in [-0.39, 0.29) is 24.7 Å². The molecule has 6 nitrogen and oxygen atoms in total. The number of rotatable bonds is 7. The largest absolute Gasteiger partial charge is 0.481 e. The summed E-state index contributed by atoms with van der Waals surface area (Å²) in [5, 5.41) is 14.3. The van der Waals surface area contributed by atoms with Crippen molar-refractivity contribution in [2.75, 3.05) is 11.9 Å². The third-order valence-corrected chi connectivity index (χ3v) is 3.11. The molecule has 3 N–H and O–H groups in total. The first kappa shape index (κ1) is 18.7. The Labute approximate surface area is 136 Å². The van der Waals surface area contributed by atoms with Crippen LogP contribution in [0.25, 0.3) is 0 Å². The Bertz CT molecular complexity index is 576. The number of carbonyl (C=O) groups excluding carboxylic acids is 2. The van der Waals surface area contributed by atoms with E-state index in [0.717, 1.165) is 0 Å². The van der Waals surface area contributed by atoms with E-state index in [0.29, 0.717) is 24.2 Å². The molecule has 1 aromatic carbocycles. The quantitative estimate of drug-likeness (QED) is 0.671. The van der Waals surface area contributed by atoms with Crippen LogP contribution in [0.3, 0.4) is 0 Å². The zero-order chi connectivity index (χ0) is 17.5. The summed E-state index contributed by atoms with van der Waals surface area (Å²) < 4.78 is 0. The molecule has 126 valence electrons. The minimum atomic E-state index is -0.914. The molecule has 0 aromatic heterocycles. The fraction of sp³-hybridized carbons (Fsp3) is 0.471. The minimum absolute atomic E-state index is 0.0423. The molecule has 0 aliphatic heterocycles. The molecule has 0 radical (unpaired) electrons. The van der Waals surface area contributed by atoms with E-state index < -0.39 is 11.4 Å². The van der Waals surface area contributed by atoms with Crippen molar-refractivity contribution in [2.45, 2.75) is 40.0 Å². The van der Waals surface area contributed by atoms with Gasteiger partial charge in [-0.05, 0) is 24.1 Å². The van der Waals surface area contributed by atoms with Crippen molar-refractivity contribution in [1.82, 2.24) is 5.32 Å². The van der Waals surface area contributed by atoms with Gasteiger partial charge in [-0.25, -0.2) is 0 Å². The zero-order valence-corrected chi connectivity index (χ0v) is 13.8. The number of carbonyl (C=O) groups is 3. The third kappa shape index (κ3) is 7.44. The number of anilines is 1. The van der Waals surface area contributed by atoms with Gasteiger partial charge in [-0.2, -0.15) is 0 Å². The lowest BCUT2D eigenvalue weighted by Gasteiger charge is -2.17. The number of amides is 2. The molecule has 0 aliphatic rings. The molecule has 0 aliphatic carbocycles. The Kier molecular flexibility index (Phi) is 6.75. The zero-order valence-electron chi connectivity index (χ0n) is 13.8. The van der Waals surface area contributed by atoms with Crippen LogP contribution in [0.1, 0.15) is 39.2 Å². The Morgan fingerprint density at radius 2 is 1.87 bits per heavy atom. The van der Waals surface area contributed by atoms with E-state index >= 15 is 0 Å². The molecule has 0 atom stereocenters. The molecule has 23 heavy (non-hydrogen) atoms. The molecular formula is C17H24N2O4. The van der Waals surface area contributed by atoms with Crippen LogP contribution in [0.5, 0.6) is 0 Å². The molecule has 0 bridgehead atoms. The van der Waals surface area contributed by atoms with Gasteiger partial charge in [0.1, 0.15) is 0 Å². The summed E-state index contributed by atoms with van der Waals surface area (Å²) in [6, 6.07) is 6.77. The van der Waals surface area contributed by atoms with E-state index in [1.165, 1.54) is 0 Å². The summed E-state index contributed by atoms with van der Waals surface area (Å²) in [6.45, 7) is 5.94. The molecular weight excluding hydrogens is 296 g/mol. The van der Waals surface area contributed by atoms with Crippen molar-refractivity contribution in [2.24, 2.45) is 5.41 Å². The van der Waals surface area contributed by atoms with Crippen LogP contribution in [-0.4, -0.2) is 29.4 Å². The Morgan fingerprint density at radius 1 is 1.17 bits per heavy atom. The van der Waals surface area contributed by atoms with E-state index in [1.807, 2.05) is 20.8 Å². The SMILES string of the molecule is CC(C)(C)C(=O)NCCCC(=O)Nc1cccc(CC(=O)O)c1.